The number of thioether (sulfide) groups is 1. The Morgan fingerprint density at radius 3 is 2.55 bits per heavy atom. The first-order valence-electron chi connectivity index (χ1n) is 10.3. The maximum absolute atomic E-state index is 12.4. The molecule has 1 heterocycles. The zero-order valence-electron chi connectivity index (χ0n) is 17.9. The van der Waals surface area contributed by atoms with Crippen LogP contribution in [0.1, 0.15) is 19.8 Å². The van der Waals surface area contributed by atoms with Crippen LogP contribution in [0.3, 0.4) is 0 Å². The number of ether oxygens (including phenoxy) is 2. The van der Waals surface area contributed by atoms with E-state index in [1.807, 2.05) is 53.1 Å². The zero-order valence-corrected chi connectivity index (χ0v) is 18.7. The summed E-state index contributed by atoms with van der Waals surface area (Å²) in [5.74, 6) is 3.02. The number of para-hydroxylation sites is 1. The maximum Gasteiger partial charge on any atom is 0.230 e. The lowest BCUT2D eigenvalue weighted by atomic mass is 10.2. The van der Waals surface area contributed by atoms with E-state index < -0.39 is 0 Å². The Morgan fingerprint density at radius 1 is 1.13 bits per heavy atom. The van der Waals surface area contributed by atoms with Crippen LogP contribution >= 0.6 is 11.8 Å². The molecule has 3 aromatic rings. The van der Waals surface area contributed by atoms with Crippen LogP contribution in [0, 0.1) is 5.92 Å². The van der Waals surface area contributed by atoms with Crippen LogP contribution < -0.4 is 14.8 Å². The molecule has 0 radical (unpaired) electrons. The molecule has 7 nitrogen and oxygen atoms in total. The van der Waals surface area contributed by atoms with Gasteiger partial charge in [0, 0.05) is 6.04 Å². The van der Waals surface area contributed by atoms with Gasteiger partial charge in [-0.3, -0.25) is 9.36 Å². The summed E-state index contributed by atoms with van der Waals surface area (Å²) in [6.07, 6.45) is 2.39. The number of hydrogen-bond acceptors (Lipinski definition) is 6. The Hall–Kier alpha value is -3.00. The molecule has 0 saturated heterocycles. The molecule has 1 N–H and O–H groups in total. The maximum atomic E-state index is 12.4. The van der Waals surface area contributed by atoms with Gasteiger partial charge in [-0.2, -0.15) is 0 Å². The number of rotatable bonds is 9. The number of amides is 1. The van der Waals surface area contributed by atoms with Crippen molar-refractivity contribution in [3.8, 4) is 28.6 Å². The molecule has 31 heavy (non-hydrogen) atoms. The first-order valence-corrected chi connectivity index (χ1v) is 11.2. The predicted molar refractivity (Wildman–Crippen MR) is 121 cm³/mol. The highest BCUT2D eigenvalue weighted by Crippen LogP contribution is 2.34. The Balaban J connectivity index is 1.64. The largest absolute Gasteiger partial charge is 0.497 e. The van der Waals surface area contributed by atoms with Gasteiger partial charge >= 0.3 is 0 Å². The first-order chi connectivity index (χ1) is 15.1. The topological polar surface area (TPSA) is 78.3 Å². The minimum absolute atomic E-state index is 0.00697. The molecule has 1 saturated carbocycles. The summed E-state index contributed by atoms with van der Waals surface area (Å²) in [6, 6.07) is 15.6. The summed E-state index contributed by atoms with van der Waals surface area (Å²) in [6.45, 7) is 2.07. The molecule has 1 amide bonds. The Kier molecular flexibility index (Phi) is 6.46. The highest BCUT2D eigenvalue weighted by atomic mass is 32.2. The number of carbonyl (C=O) groups is 1. The molecule has 1 fully saturated rings. The molecule has 4 rings (SSSR count). The fourth-order valence-electron chi connectivity index (χ4n) is 3.47. The van der Waals surface area contributed by atoms with Crippen molar-refractivity contribution in [2.75, 3.05) is 20.0 Å². The number of nitrogens with one attached hydrogen (secondary N) is 1. The highest BCUT2D eigenvalue weighted by molar-refractivity contribution is 7.99. The summed E-state index contributed by atoms with van der Waals surface area (Å²) in [5, 5.41) is 12.6. The van der Waals surface area contributed by atoms with Crippen LogP contribution in [0.2, 0.25) is 0 Å². The Labute approximate surface area is 186 Å². The minimum Gasteiger partial charge on any atom is -0.497 e. The van der Waals surface area contributed by atoms with Gasteiger partial charge in [0.1, 0.15) is 11.5 Å². The van der Waals surface area contributed by atoms with Gasteiger partial charge in [-0.1, -0.05) is 23.9 Å². The monoisotopic (exact) mass is 438 g/mol. The molecule has 0 aliphatic heterocycles. The molecule has 1 atom stereocenters. The van der Waals surface area contributed by atoms with Gasteiger partial charge in [0.15, 0.2) is 11.0 Å². The van der Waals surface area contributed by atoms with Crippen LogP contribution in [0.5, 0.6) is 11.5 Å². The van der Waals surface area contributed by atoms with Crippen LogP contribution in [-0.2, 0) is 4.79 Å². The van der Waals surface area contributed by atoms with Crippen molar-refractivity contribution < 1.29 is 14.3 Å². The van der Waals surface area contributed by atoms with Crippen molar-refractivity contribution in [2.45, 2.75) is 31.0 Å². The summed E-state index contributed by atoms with van der Waals surface area (Å²) in [5.41, 5.74) is 1.70. The summed E-state index contributed by atoms with van der Waals surface area (Å²) < 4.78 is 12.8. The number of aromatic nitrogens is 3. The number of hydrogen-bond donors (Lipinski definition) is 1. The van der Waals surface area contributed by atoms with Crippen LogP contribution in [0.15, 0.2) is 53.7 Å². The lowest BCUT2D eigenvalue weighted by molar-refractivity contribution is -0.119. The first kappa shape index (κ1) is 21.2. The van der Waals surface area contributed by atoms with Crippen LogP contribution in [0.4, 0.5) is 0 Å². The Morgan fingerprint density at radius 2 is 1.87 bits per heavy atom. The molecule has 1 unspecified atom stereocenters. The zero-order chi connectivity index (χ0) is 21.8. The van der Waals surface area contributed by atoms with E-state index in [2.05, 4.69) is 22.4 Å². The molecule has 1 aliphatic carbocycles. The van der Waals surface area contributed by atoms with Crippen molar-refractivity contribution in [2.24, 2.45) is 5.92 Å². The lowest BCUT2D eigenvalue weighted by Crippen LogP contribution is -2.35. The minimum atomic E-state index is 0.00697. The quantitative estimate of drug-likeness (QED) is 0.510. The van der Waals surface area contributed by atoms with Gasteiger partial charge in [-0.25, -0.2) is 0 Å². The van der Waals surface area contributed by atoms with E-state index in [9.17, 15) is 4.79 Å². The second-order valence-corrected chi connectivity index (χ2v) is 8.46. The summed E-state index contributed by atoms with van der Waals surface area (Å²) in [4.78, 5) is 12.4. The van der Waals surface area contributed by atoms with Crippen molar-refractivity contribution >= 4 is 17.7 Å². The highest BCUT2D eigenvalue weighted by Gasteiger charge is 2.29. The molecule has 2 aromatic carbocycles. The van der Waals surface area contributed by atoms with Gasteiger partial charge in [-0.05, 0) is 62.1 Å². The van der Waals surface area contributed by atoms with E-state index in [-0.39, 0.29) is 17.7 Å². The number of methoxy groups -OCH3 is 2. The van der Waals surface area contributed by atoms with E-state index in [0.717, 1.165) is 17.0 Å². The summed E-state index contributed by atoms with van der Waals surface area (Å²) >= 11 is 1.37. The average Bonchev–Trinajstić information content (AvgIpc) is 3.57. The lowest BCUT2D eigenvalue weighted by Gasteiger charge is -2.14. The van der Waals surface area contributed by atoms with Crippen molar-refractivity contribution in [3.63, 3.8) is 0 Å². The second kappa shape index (κ2) is 9.43. The second-order valence-electron chi connectivity index (χ2n) is 7.52. The molecule has 1 aliphatic rings. The number of benzene rings is 2. The van der Waals surface area contributed by atoms with Gasteiger partial charge in [-0.15, -0.1) is 10.2 Å². The number of carbonyl (C=O) groups excluding carboxylic acids is 1. The van der Waals surface area contributed by atoms with Crippen LogP contribution in [-0.4, -0.2) is 46.7 Å². The fraction of sp³-hybridized carbons (Fsp3) is 0.348. The van der Waals surface area contributed by atoms with E-state index in [4.69, 9.17) is 9.47 Å². The average molecular weight is 439 g/mol. The van der Waals surface area contributed by atoms with E-state index >= 15 is 0 Å². The number of nitrogens with zero attached hydrogens (tertiary/aromatic N) is 3. The van der Waals surface area contributed by atoms with Crippen molar-refractivity contribution in [1.29, 1.82) is 0 Å². The van der Waals surface area contributed by atoms with Crippen LogP contribution in [0.25, 0.3) is 17.1 Å². The Bertz CT molecular complexity index is 1050. The SMILES string of the molecule is COc1ccc(-n2c(SCC(=O)NC(C)C3CC3)nnc2-c2ccccc2OC)cc1. The molecular weight excluding hydrogens is 412 g/mol. The third kappa shape index (κ3) is 4.85. The molecule has 0 bridgehead atoms. The van der Waals surface area contributed by atoms with E-state index in [0.29, 0.717) is 22.6 Å². The van der Waals surface area contributed by atoms with Gasteiger partial charge in [0.25, 0.3) is 0 Å². The third-order valence-corrected chi connectivity index (χ3v) is 6.29. The van der Waals surface area contributed by atoms with E-state index in [1.165, 1.54) is 24.6 Å². The molecule has 162 valence electrons. The molecular formula is C23H26N4O3S. The van der Waals surface area contributed by atoms with E-state index in [1.54, 1.807) is 14.2 Å². The standard InChI is InChI=1S/C23H26N4O3S/c1-15(16-8-9-16)24-21(28)14-31-23-26-25-22(19-6-4-5-7-20(19)30-3)27(23)17-10-12-18(29-2)13-11-17/h4-7,10-13,15-16H,8-9,14H2,1-3H3,(H,24,28). The predicted octanol–water partition coefficient (Wildman–Crippen LogP) is 3.96. The fourth-order valence-corrected chi connectivity index (χ4v) is 4.23. The third-order valence-electron chi connectivity index (χ3n) is 5.36. The smallest absolute Gasteiger partial charge is 0.230 e. The van der Waals surface area contributed by atoms with Gasteiger partial charge in [0.2, 0.25) is 5.91 Å². The molecule has 0 spiro atoms. The molecule has 8 heteroatoms. The van der Waals surface area contributed by atoms with Gasteiger partial charge in [0.05, 0.1) is 31.2 Å². The summed E-state index contributed by atoms with van der Waals surface area (Å²) in [7, 11) is 3.27. The van der Waals surface area contributed by atoms with Crippen molar-refractivity contribution in [1.82, 2.24) is 20.1 Å². The van der Waals surface area contributed by atoms with Crippen molar-refractivity contribution in [3.05, 3.63) is 48.5 Å². The van der Waals surface area contributed by atoms with Gasteiger partial charge < -0.3 is 14.8 Å². The normalized spacial score (nSPS) is 14.2. The molecule has 1 aromatic heterocycles.